The van der Waals surface area contributed by atoms with Crippen molar-refractivity contribution in [2.24, 2.45) is 10.9 Å². The predicted octanol–water partition coefficient (Wildman–Crippen LogP) is 3.20. The second-order valence-electron chi connectivity index (χ2n) is 6.80. The smallest absolute Gasteiger partial charge is 0.191 e. The van der Waals surface area contributed by atoms with Crippen LogP contribution in [-0.4, -0.2) is 35.2 Å². The van der Waals surface area contributed by atoms with Gasteiger partial charge in [0.2, 0.25) is 0 Å². The Bertz CT molecular complexity index is 729. The van der Waals surface area contributed by atoms with E-state index in [1.54, 1.807) is 19.2 Å². The molecule has 1 unspecified atom stereocenters. The first-order valence-corrected chi connectivity index (χ1v) is 9.38. The Hall–Kier alpha value is -2.57. The Kier molecular flexibility index (Phi) is 8.10. The lowest BCUT2D eigenvalue weighted by Gasteiger charge is -2.20. The van der Waals surface area contributed by atoms with E-state index in [4.69, 9.17) is 4.74 Å². The van der Waals surface area contributed by atoms with Gasteiger partial charge in [0.15, 0.2) is 5.96 Å². The topological polar surface area (TPSA) is 63.5 Å². The maximum atomic E-state index is 13.3. The van der Waals surface area contributed by atoms with Gasteiger partial charge in [-0.05, 0) is 24.5 Å². The highest BCUT2D eigenvalue weighted by atomic mass is 19.1. The van der Waals surface area contributed by atoms with E-state index in [1.807, 2.05) is 19.3 Å². The summed E-state index contributed by atoms with van der Waals surface area (Å²) in [4.78, 5) is 8.66. The second-order valence-corrected chi connectivity index (χ2v) is 6.80. The van der Waals surface area contributed by atoms with E-state index < -0.39 is 0 Å². The highest BCUT2D eigenvalue weighted by molar-refractivity contribution is 5.79. The number of hydrogen-bond donors (Lipinski definition) is 2. The first kappa shape index (κ1) is 20.7. The van der Waals surface area contributed by atoms with Crippen LogP contribution in [0.1, 0.15) is 33.0 Å². The zero-order valence-corrected chi connectivity index (χ0v) is 16.6. The molecule has 0 aliphatic carbocycles. The average molecular weight is 375 g/mol. The van der Waals surface area contributed by atoms with E-state index in [0.717, 1.165) is 18.8 Å². The fourth-order valence-electron chi connectivity index (χ4n) is 2.66. The molecule has 0 fully saturated rings. The largest absolute Gasteiger partial charge is 0.489 e. The molecule has 2 rings (SSSR count). The van der Waals surface area contributed by atoms with Crippen LogP contribution in [0.5, 0.6) is 5.75 Å². The molecule has 0 bridgehead atoms. The van der Waals surface area contributed by atoms with Crippen LogP contribution in [0, 0.1) is 11.7 Å². The van der Waals surface area contributed by atoms with Gasteiger partial charge in [0.25, 0.3) is 0 Å². The van der Waals surface area contributed by atoms with Crippen LogP contribution in [0.4, 0.5) is 4.39 Å². The van der Waals surface area contributed by atoms with Gasteiger partial charge in [-0.1, -0.05) is 26.8 Å². The molecule has 27 heavy (non-hydrogen) atoms. The lowest BCUT2D eigenvalue weighted by Crippen LogP contribution is -2.42. The molecule has 0 amide bonds. The molecule has 6 nitrogen and oxygen atoms in total. The number of hydrogen-bond acceptors (Lipinski definition) is 3. The summed E-state index contributed by atoms with van der Waals surface area (Å²) in [5.41, 5.74) is 0. The van der Waals surface area contributed by atoms with Gasteiger partial charge in [0.05, 0.1) is 13.1 Å². The van der Waals surface area contributed by atoms with Crippen molar-refractivity contribution in [1.82, 2.24) is 20.2 Å². The van der Waals surface area contributed by atoms with Gasteiger partial charge in [-0.25, -0.2) is 9.37 Å². The minimum Gasteiger partial charge on any atom is -0.489 e. The standard InChI is InChI=1S/C20H30FN5O/c1-5-17(27-18-8-6-7-16(21)11-18)12-24-20(22-4)25-13-19-23-9-10-26(19)14-15(2)3/h6-11,15,17H,5,12-14H2,1-4H3,(H2,22,24,25). The summed E-state index contributed by atoms with van der Waals surface area (Å²) in [6.07, 6.45) is 4.51. The van der Waals surface area contributed by atoms with E-state index in [1.165, 1.54) is 12.1 Å². The molecule has 0 radical (unpaired) electrons. The molecule has 1 atom stereocenters. The van der Waals surface area contributed by atoms with Gasteiger partial charge < -0.3 is 19.9 Å². The molecule has 0 saturated carbocycles. The molecule has 2 aromatic rings. The zero-order valence-electron chi connectivity index (χ0n) is 16.6. The number of rotatable bonds is 9. The van der Waals surface area contributed by atoms with E-state index in [0.29, 0.717) is 30.7 Å². The summed E-state index contributed by atoms with van der Waals surface area (Å²) in [5.74, 6) is 2.43. The van der Waals surface area contributed by atoms with E-state index in [-0.39, 0.29) is 11.9 Å². The number of halogens is 1. The first-order chi connectivity index (χ1) is 13.0. The molecule has 0 saturated heterocycles. The molecule has 148 valence electrons. The first-order valence-electron chi connectivity index (χ1n) is 9.38. The summed E-state index contributed by atoms with van der Waals surface area (Å²) in [6, 6.07) is 6.20. The predicted molar refractivity (Wildman–Crippen MR) is 106 cm³/mol. The van der Waals surface area contributed by atoms with Gasteiger partial charge in [-0.15, -0.1) is 0 Å². The molecular formula is C20H30FN5O. The Morgan fingerprint density at radius 3 is 2.81 bits per heavy atom. The van der Waals surface area contributed by atoms with E-state index in [2.05, 4.69) is 39.0 Å². The fourth-order valence-corrected chi connectivity index (χ4v) is 2.66. The van der Waals surface area contributed by atoms with Crippen molar-refractivity contribution in [3.8, 4) is 5.75 Å². The molecule has 0 spiro atoms. The number of nitrogens with one attached hydrogen (secondary N) is 2. The summed E-state index contributed by atoms with van der Waals surface area (Å²) in [5, 5.41) is 6.54. The number of nitrogens with zero attached hydrogens (tertiary/aromatic N) is 3. The van der Waals surface area contributed by atoms with Crippen LogP contribution < -0.4 is 15.4 Å². The number of imidazole rings is 1. The maximum Gasteiger partial charge on any atom is 0.191 e. The maximum absolute atomic E-state index is 13.3. The molecule has 2 N–H and O–H groups in total. The molecule has 7 heteroatoms. The average Bonchev–Trinajstić information content (AvgIpc) is 3.07. The molecule has 0 aliphatic rings. The number of benzene rings is 1. The molecule has 1 aromatic heterocycles. The second kappa shape index (κ2) is 10.5. The van der Waals surface area contributed by atoms with Crippen LogP contribution in [0.3, 0.4) is 0 Å². The van der Waals surface area contributed by atoms with Gasteiger partial charge in [0, 0.05) is 32.1 Å². The normalized spacial score (nSPS) is 12.9. The summed E-state index contributed by atoms with van der Waals surface area (Å²) in [6.45, 7) is 8.48. The number of ether oxygens (including phenoxy) is 1. The van der Waals surface area contributed by atoms with Gasteiger partial charge in [-0.3, -0.25) is 4.99 Å². The monoisotopic (exact) mass is 375 g/mol. The Labute approximate surface area is 160 Å². The van der Waals surface area contributed by atoms with Crippen LogP contribution in [0.15, 0.2) is 41.7 Å². The Balaban J connectivity index is 1.84. The highest BCUT2D eigenvalue weighted by Gasteiger charge is 2.11. The Morgan fingerprint density at radius 1 is 1.33 bits per heavy atom. The molecular weight excluding hydrogens is 345 g/mol. The van der Waals surface area contributed by atoms with Crippen LogP contribution in [-0.2, 0) is 13.1 Å². The fraction of sp³-hybridized carbons (Fsp3) is 0.500. The number of guanidine groups is 1. The zero-order chi connectivity index (χ0) is 19.6. The van der Waals surface area contributed by atoms with Crippen LogP contribution in [0.2, 0.25) is 0 Å². The number of aliphatic imine (C=N–C) groups is 1. The van der Waals surface area contributed by atoms with Crippen molar-refractivity contribution in [3.63, 3.8) is 0 Å². The summed E-state index contributed by atoms with van der Waals surface area (Å²) < 4.78 is 21.3. The lowest BCUT2D eigenvalue weighted by molar-refractivity contribution is 0.198. The summed E-state index contributed by atoms with van der Waals surface area (Å²) in [7, 11) is 1.73. The SMILES string of the molecule is CCC(CNC(=NC)NCc1nccn1CC(C)C)Oc1cccc(F)c1. The minimum atomic E-state index is -0.301. The van der Waals surface area contributed by atoms with Crippen LogP contribution >= 0.6 is 0 Å². The van der Waals surface area contributed by atoms with Crippen LogP contribution in [0.25, 0.3) is 0 Å². The third-order valence-electron chi connectivity index (χ3n) is 4.05. The van der Waals surface area contributed by atoms with Crippen molar-refractivity contribution in [2.45, 2.75) is 46.4 Å². The van der Waals surface area contributed by atoms with E-state index in [9.17, 15) is 4.39 Å². The lowest BCUT2D eigenvalue weighted by atomic mass is 10.2. The highest BCUT2D eigenvalue weighted by Crippen LogP contribution is 2.14. The third-order valence-corrected chi connectivity index (χ3v) is 4.05. The third kappa shape index (κ3) is 6.92. The quantitative estimate of drug-likeness (QED) is 0.522. The van der Waals surface area contributed by atoms with Crippen molar-refractivity contribution in [3.05, 3.63) is 48.3 Å². The van der Waals surface area contributed by atoms with Gasteiger partial charge in [-0.2, -0.15) is 0 Å². The molecule has 1 aromatic carbocycles. The summed E-state index contributed by atoms with van der Waals surface area (Å²) >= 11 is 0. The Morgan fingerprint density at radius 2 is 2.15 bits per heavy atom. The van der Waals surface area contributed by atoms with Crippen molar-refractivity contribution >= 4 is 5.96 Å². The number of aromatic nitrogens is 2. The molecule has 0 aliphatic heterocycles. The van der Waals surface area contributed by atoms with Gasteiger partial charge >= 0.3 is 0 Å². The molecule has 1 heterocycles. The minimum absolute atomic E-state index is 0.0896. The van der Waals surface area contributed by atoms with Crippen molar-refractivity contribution in [1.29, 1.82) is 0 Å². The van der Waals surface area contributed by atoms with Crippen molar-refractivity contribution in [2.75, 3.05) is 13.6 Å². The van der Waals surface area contributed by atoms with E-state index >= 15 is 0 Å². The van der Waals surface area contributed by atoms with Gasteiger partial charge in [0.1, 0.15) is 23.5 Å². The van der Waals surface area contributed by atoms with Crippen molar-refractivity contribution < 1.29 is 9.13 Å².